The molecule has 9 heteroatoms. The first kappa shape index (κ1) is 12.4. The standard InChI is InChI=1S/C9H14N6O2S/c10-6-7(11)9(15(17)14(16)8(6)12)13-3-5-1-2-18-4-5/h1-2,4,13,16-17H,3,10-12H2. The Morgan fingerprint density at radius 2 is 1.89 bits per heavy atom. The third-order valence-corrected chi connectivity index (χ3v) is 3.19. The van der Waals surface area contributed by atoms with Crippen molar-refractivity contribution in [1.82, 2.24) is 15.7 Å². The zero-order valence-corrected chi connectivity index (χ0v) is 10.2. The van der Waals surface area contributed by atoms with Crippen molar-refractivity contribution in [2.45, 2.75) is 6.54 Å². The lowest BCUT2D eigenvalue weighted by atomic mass is 10.3. The summed E-state index contributed by atoms with van der Waals surface area (Å²) in [6.07, 6.45) is 0. The first-order valence-corrected chi connectivity index (χ1v) is 5.95. The van der Waals surface area contributed by atoms with Crippen LogP contribution >= 0.6 is 11.3 Å². The summed E-state index contributed by atoms with van der Waals surface area (Å²) in [5.41, 5.74) is 17.8. The maximum atomic E-state index is 9.67. The zero-order chi connectivity index (χ0) is 13.3. The monoisotopic (exact) mass is 270 g/mol. The van der Waals surface area contributed by atoms with Crippen LogP contribution in [0.15, 0.2) is 39.9 Å². The fourth-order valence-electron chi connectivity index (χ4n) is 1.42. The second-order valence-electron chi connectivity index (χ2n) is 3.63. The molecule has 1 aromatic heterocycles. The van der Waals surface area contributed by atoms with E-state index in [2.05, 4.69) is 5.32 Å². The molecule has 9 N–H and O–H groups in total. The van der Waals surface area contributed by atoms with E-state index in [9.17, 15) is 10.4 Å². The predicted octanol–water partition coefficient (Wildman–Crippen LogP) is -0.637. The molecule has 18 heavy (non-hydrogen) atoms. The molecule has 98 valence electrons. The Morgan fingerprint density at radius 1 is 1.17 bits per heavy atom. The summed E-state index contributed by atoms with van der Waals surface area (Å²) in [7, 11) is 0. The van der Waals surface area contributed by atoms with Crippen LogP contribution in [-0.4, -0.2) is 20.8 Å². The van der Waals surface area contributed by atoms with Gasteiger partial charge in [0.15, 0.2) is 11.6 Å². The van der Waals surface area contributed by atoms with Gasteiger partial charge in [0.25, 0.3) is 0 Å². The SMILES string of the molecule is NC1=C(N)N(O)N(O)C(NCc2ccsc2)=C1N. The lowest BCUT2D eigenvalue weighted by Gasteiger charge is -2.34. The molecule has 1 aliphatic heterocycles. The third-order valence-electron chi connectivity index (χ3n) is 2.46. The summed E-state index contributed by atoms with van der Waals surface area (Å²) in [5.74, 6) is -0.175. The second-order valence-corrected chi connectivity index (χ2v) is 4.41. The van der Waals surface area contributed by atoms with Crippen molar-refractivity contribution < 1.29 is 10.4 Å². The van der Waals surface area contributed by atoms with E-state index in [0.717, 1.165) is 5.56 Å². The van der Waals surface area contributed by atoms with Crippen LogP contribution in [0.1, 0.15) is 5.56 Å². The summed E-state index contributed by atoms with van der Waals surface area (Å²) >= 11 is 1.55. The Balaban J connectivity index is 2.19. The van der Waals surface area contributed by atoms with Crippen molar-refractivity contribution in [1.29, 1.82) is 0 Å². The molecule has 0 aliphatic carbocycles. The van der Waals surface area contributed by atoms with Crippen molar-refractivity contribution in [3.63, 3.8) is 0 Å². The number of nitrogens with two attached hydrogens (primary N) is 3. The Kier molecular flexibility index (Phi) is 3.19. The molecule has 1 aliphatic rings. The van der Waals surface area contributed by atoms with E-state index in [1.165, 1.54) is 0 Å². The molecule has 0 atom stereocenters. The molecule has 0 unspecified atom stereocenters. The van der Waals surface area contributed by atoms with E-state index in [4.69, 9.17) is 17.2 Å². The van der Waals surface area contributed by atoms with E-state index >= 15 is 0 Å². The largest absolute Gasteiger partial charge is 0.394 e. The molecule has 0 fully saturated rings. The lowest BCUT2D eigenvalue weighted by Crippen LogP contribution is -2.49. The molecule has 0 saturated heterocycles. The number of hydrazine groups is 1. The van der Waals surface area contributed by atoms with E-state index in [-0.39, 0.29) is 23.0 Å². The van der Waals surface area contributed by atoms with Crippen LogP contribution in [0.5, 0.6) is 0 Å². The quantitative estimate of drug-likeness (QED) is 0.427. The minimum atomic E-state index is -0.240. The predicted molar refractivity (Wildman–Crippen MR) is 65.0 cm³/mol. The molecule has 0 bridgehead atoms. The van der Waals surface area contributed by atoms with Crippen LogP contribution in [-0.2, 0) is 6.54 Å². The van der Waals surface area contributed by atoms with Crippen molar-refractivity contribution in [2.75, 3.05) is 0 Å². The van der Waals surface area contributed by atoms with Gasteiger partial charge in [-0.05, 0) is 22.4 Å². The fourth-order valence-corrected chi connectivity index (χ4v) is 2.09. The molecular weight excluding hydrogens is 256 g/mol. The van der Waals surface area contributed by atoms with Gasteiger partial charge < -0.3 is 22.5 Å². The van der Waals surface area contributed by atoms with Gasteiger partial charge in [0.05, 0.1) is 0 Å². The molecule has 0 saturated carbocycles. The summed E-state index contributed by atoms with van der Waals surface area (Å²) in [5, 5.41) is 26.6. The second kappa shape index (κ2) is 4.64. The van der Waals surface area contributed by atoms with Gasteiger partial charge in [-0.25, -0.2) is 0 Å². The van der Waals surface area contributed by atoms with Gasteiger partial charge >= 0.3 is 0 Å². The highest BCUT2D eigenvalue weighted by molar-refractivity contribution is 7.07. The highest BCUT2D eigenvalue weighted by Gasteiger charge is 2.28. The molecule has 8 nitrogen and oxygen atoms in total. The Morgan fingerprint density at radius 3 is 2.50 bits per heavy atom. The summed E-state index contributed by atoms with van der Waals surface area (Å²) in [4.78, 5) is 0. The number of thiophene rings is 1. The third kappa shape index (κ3) is 2.01. The zero-order valence-electron chi connectivity index (χ0n) is 9.37. The summed E-state index contributed by atoms with van der Waals surface area (Å²) in [6.45, 7) is 0.428. The molecule has 0 aromatic carbocycles. The van der Waals surface area contributed by atoms with Crippen LogP contribution in [0, 0.1) is 0 Å². The molecule has 0 amide bonds. The lowest BCUT2D eigenvalue weighted by molar-refractivity contribution is -0.334. The topological polar surface area (TPSA) is 137 Å². The Labute approximate surface area is 107 Å². The van der Waals surface area contributed by atoms with E-state index in [1.807, 2.05) is 16.8 Å². The smallest absolute Gasteiger partial charge is 0.179 e. The number of hydrogen-bond donors (Lipinski definition) is 6. The Hall–Kier alpha value is -2.10. The number of nitrogens with zero attached hydrogens (tertiary/aromatic N) is 2. The maximum absolute atomic E-state index is 9.67. The normalized spacial score (nSPS) is 16.6. The van der Waals surface area contributed by atoms with E-state index in [0.29, 0.717) is 16.9 Å². The van der Waals surface area contributed by atoms with Crippen LogP contribution < -0.4 is 22.5 Å². The molecule has 1 aromatic rings. The van der Waals surface area contributed by atoms with Crippen molar-refractivity contribution >= 4 is 11.3 Å². The number of nitrogens with one attached hydrogen (secondary N) is 1. The fraction of sp³-hybridized carbons (Fsp3) is 0.111. The van der Waals surface area contributed by atoms with Gasteiger partial charge in [-0.3, -0.25) is 10.4 Å². The van der Waals surface area contributed by atoms with Gasteiger partial charge in [-0.2, -0.15) is 11.3 Å². The molecule has 0 spiro atoms. The molecule has 2 rings (SSSR count). The molecular formula is C9H14N6O2S. The molecule has 2 heterocycles. The summed E-state index contributed by atoms with van der Waals surface area (Å²) in [6, 6.07) is 1.92. The van der Waals surface area contributed by atoms with Crippen LogP contribution in [0.2, 0.25) is 0 Å². The van der Waals surface area contributed by atoms with Gasteiger partial charge in [-0.15, -0.1) is 10.3 Å². The maximum Gasteiger partial charge on any atom is 0.179 e. The summed E-state index contributed by atoms with van der Waals surface area (Å²) < 4.78 is 0. The van der Waals surface area contributed by atoms with E-state index in [1.54, 1.807) is 11.3 Å². The molecule has 0 radical (unpaired) electrons. The van der Waals surface area contributed by atoms with Crippen LogP contribution in [0.3, 0.4) is 0 Å². The highest BCUT2D eigenvalue weighted by Crippen LogP contribution is 2.19. The van der Waals surface area contributed by atoms with Gasteiger partial charge in [0.1, 0.15) is 11.4 Å². The minimum Gasteiger partial charge on any atom is -0.394 e. The van der Waals surface area contributed by atoms with Crippen LogP contribution in [0.25, 0.3) is 0 Å². The van der Waals surface area contributed by atoms with Crippen molar-refractivity contribution in [3.8, 4) is 0 Å². The first-order chi connectivity index (χ1) is 8.52. The highest BCUT2D eigenvalue weighted by atomic mass is 32.1. The number of hydroxylamine groups is 2. The van der Waals surface area contributed by atoms with Gasteiger partial charge in [0.2, 0.25) is 0 Å². The minimum absolute atomic E-state index is 0.00406. The number of hydrogen-bond acceptors (Lipinski definition) is 9. The first-order valence-electron chi connectivity index (χ1n) is 5.00. The van der Waals surface area contributed by atoms with Gasteiger partial charge in [0, 0.05) is 6.54 Å². The average Bonchev–Trinajstić information content (AvgIpc) is 2.87. The van der Waals surface area contributed by atoms with Crippen molar-refractivity contribution in [2.24, 2.45) is 17.2 Å². The Bertz CT molecular complexity index is 497. The van der Waals surface area contributed by atoms with E-state index < -0.39 is 0 Å². The van der Waals surface area contributed by atoms with Crippen molar-refractivity contribution in [3.05, 3.63) is 45.4 Å². The number of rotatable bonds is 3. The van der Waals surface area contributed by atoms with Crippen LogP contribution in [0.4, 0.5) is 0 Å². The average molecular weight is 270 g/mol. The van der Waals surface area contributed by atoms with Gasteiger partial charge in [-0.1, -0.05) is 0 Å².